The molecule has 4 heterocycles. The zero-order valence-electron chi connectivity index (χ0n) is 31.0. The van der Waals surface area contributed by atoms with E-state index in [1.807, 2.05) is 97.1 Å². The highest BCUT2D eigenvalue weighted by Crippen LogP contribution is 2.39. The van der Waals surface area contributed by atoms with Crippen molar-refractivity contribution >= 4 is 46.1 Å². The Morgan fingerprint density at radius 3 is 1.37 bits per heavy atom. The zero-order valence-corrected chi connectivity index (χ0v) is 31.0. The molecule has 8 nitrogen and oxygen atoms in total. The first-order valence-corrected chi connectivity index (χ1v) is 19.3. The Morgan fingerprint density at radius 1 is 0.574 bits per heavy atom. The molecule has 0 saturated carbocycles. The zero-order chi connectivity index (χ0) is 37.0. The van der Waals surface area contributed by atoms with Crippen LogP contribution in [-0.4, -0.2) is 58.7 Å². The third kappa shape index (κ3) is 7.00. The van der Waals surface area contributed by atoms with E-state index in [9.17, 15) is 0 Å². The van der Waals surface area contributed by atoms with E-state index in [-0.39, 0.29) is 11.1 Å². The largest absolute Gasteiger partial charge is 0.451 e. The summed E-state index contributed by atoms with van der Waals surface area (Å²) in [6.45, 7) is 7.07. The fourth-order valence-corrected chi connectivity index (χ4v) is 8.17. The standard InChI is InChI=1S/C46H46N4O4/c1-3-15-35(31-17-7-5-8-18-31)41(45(51)53-39-25-27-49-29-33-21-11-13-23-37(33)47-43(39)49)42(36(16-4-2)32-19-9-6-10-20-32)46(52)54-40-26-28-50-30-34-22-12-14-24-38(34)48-44(40)50/h5-14,17-24,39-40H,3-4,15-16,25-30H2,1-2H3. The Balaban J connectivity index is 1.26. The van der Waals surface area contributed by atoms with Crippen molar-refractivity contribution in [2.45, 2.75) is 77.7 Å². The van der Waals surface area contributed by atoms with E-state index in [0.29, 0.717) is 25.7 Å². The predicted molar refractivity (Wildman–Crippen MR) is 213 cm³/mol. The molecule has 0 N–H and O–H groups in total. The highest BCUT2D eigenvalue weighted by molar-refractivity contribution is 6.17. The summed E-state index contributed by atoms with van der Waals surface area (Å²) in [5.41, 5.74) is 7.91. The van der Waals surface area contributed by atoms with Gasteiger partial charge in [-0.2, -0.15) is 0 Å². The molecule has 2 unspecified atom stereocenters. The molecule has 2 fully saturated rings. The maximum absolute atomic E-state index is 15.2. The van der Waals surface area contributed by atoms with E-state index in [4.69, 9.17) is 19.5 Å². The average Bonchev–Trinajstić information content (AvgIpc) is 3.79. The summed E-state index contributed by atoms with van der Waals surface area (Å²) in [6, 6.07) is 36.0. The Hall–Kier alpha value is -5.76. The first-order chi connectivity index (χ1) is 26.5. The first-order valence-electron chi connectivity index (χ1n) is 19.3. The number of hydrogen-bond donors (Lipinski definition) is 0. The lowest BCUT2D eigenvalue weighted by Crippen LogP contribution is -2.35. The monoisotopic (exact) mass is 718 g/mol. The van der Waals surface area contributed by atoms with Crippen molar-refractivity contribution in [2.24, 2.45) is 9.98 Å². The van der Waals surface area contributed by atoms with Crippen LogP contribution in [0.2, 0.25) is 0 Å². The number of nitrogens with zero attached hydrogens (tertiary/aromatic N) is 4. The van der Waals surface area contributed by atoms with Gasteiger partial charge in [0.25, 0.3) is 0 Å². The number of rotatable bonds is 11. The van der Waals surface area contributed by atoms with Crippen LogP contribution >= 0.6 is 0 Å². The Morgan fingerprint density at radius 2 is 0.963 bits per heavy atom. The van der Waals surface area contributed by atoms with Crippen LogP contribution in [0.1, 0.15) is 74.6 Å². The van der Waals surface area contributed by atoms with Crippen molar-refractivity contribution in [3.63, 3.8) is 0 Å². The quantitative estimate of drug-likeness (QED) is 0.0874. The number of aliphatic imine (C=N–C) groups is 2. The van der Waals surface area contributed by atoms with E-state index >= 15 is 9.59 Å². The van der Waals surface area contributed by atoms with Gasteiger partial charge in [0.1, 0.15) is 11.7 Å². The second kappa shape index (κ2) is 15.7. The van der Waals surface area contributed by atoms with Gasteiger partial charge in [0, 0.05) is 39.0 Å². The van der Waals surface area contributed by atoms with E-state index in [0.717, 1.165) is 95.5 Å². The molecule has 8 heteroatoms. The molecule has 0 bridgehead atoms. The van der Waals surface area contributed by atoms with Gasteiger partial charge in [0.05, 0.1) is 22.5 Å². The van der Waals surface area contributed by atoms with E-state index in [1.54, 1.807) is 0 Å². The summed E-state index contributed by atoms with van der Waals surface area (Å²) in [4.78, 5) is 44.7. The minimum atomic E-state index is -0.553. The van der Waals surface area contributed by atoms with Gasteiger partial charge in [0.15, 0.2) is 12.2 Å². The average molecular weight is 719 g/mol. The smallest absolute Gasteiger partial charge is 0.340 e. The van der Waals surface area contributed by atoms with Crippen molar-refractivity contribution in [1.29, 1.82) is 0 Å². The molecule has 2 saturated heterocycles. The lowest BCUT2D eigenvalue weighted by Gasteiger charge is -2.28. The molecule has 0 amide bonds. The van der Waals surface area contributed by atoms with Crippen LogP contribution in [0.5, 0.6) is 0 Å². The Labute approximate surface area is 317 Å². The van der Waals surface area contributed by atoms with E-state index in [2.05, 4.69) is 35.8 Å². The van der Waals surface area contributed by atoms with Crippen LogP contribution in [-0.2, 0) is 32.2 Å². The molecular weight excluding hydrogens is 673 g/mol. The third-order valence-corrected chi connectivity index (χ3v) is 10.7. The number of hydrogen-bond acceptors (Lipinski definition) is 8. The number of allylic oxidation sites excluding steroid dienone is 2. The molecule has 54 heavy (non-hydrogen) atoms. The summed E-state index contributed by atoms with van der Waals surface area (Å²) >= 11 is 0. The second-order valence-corrected chi connectivity index (χ2v) is 14.3. The molecule has 0 aliphatic carbocycles. The van der Waals surface area contributed by atoms with Crippen LogP contribution in [0.4, 0.5) is 11.4 Å². The van der Waals surface area contributed by atoms with Gasteiger partial charge in [-0.25, -0.2) is 19.6 Å². The topological polar surface area (TPSA) is 83.8 Å². The summed E-state index contributed by atoms with van der Waals surface area (Å²) in [6.07, 6.45) is 2.76. The number of benzene rings is 4. The molecule has 4 aliphatic rings. The van der Waals surface area contributed by atoms with Crippen molar-refractivity contribution in [2.75, 3.05) is 13.1 Å². The summed E-state index contributed by atoms with van der Waals surface area (Å²) in [5, 5.41) is 0. The van der Waals surface area contributed by atoms with Gasteiger partial charge in [0.2, 0.25) is 0 Å². The van der Waals surface area contributed by atoms with Gasteiger partial charge in [-0.05, 0) is 58.4 Å². The Kier molecular flexibility index (Phi) is 10.2. The summed E-state index contributed by atoms with van der Waals surface area (Å²) in [7, 11) is 0. The van der Waals surface area contributed by atoms with Crippen molar-refractivity contribution in [3.05, 3.63) is 143 Å². The van der Waals surface area contributed by atoms with Crippen molar-refractivity contribution in [3.8, 4) is 0 Å². The molecule has 0 aromatic heterocycles. The minimum Gasteiger partial charge on any atom is -0.451 e. The molecule has 4 aromatic rings. The van der Waals surface area contributed by atoms with Gasteiger partial charge in [-0.1, -0.05) is 124 Å². The predicted octanol–water partition coefficient (Wildman–Crippen LogP) is 9.22. The van der Waals surface area contributed by atoms with E-state index in [1.165, 1.54) is 0 Å². The fourth-order valence-electron chi connectivity index (χ4n) is 8.17. The Bertz CT molecular complexity index is 2020. The van der Waals surface area contributed by atoms with Gasteiger partial charge in [-0.3, -0.25) is 0 Å². The second-order valence-electron chi connectivity index (χ2n) is 14.3. The molecule has 8 rings (SSSR count). The third-order valence-electron chi connectivity index (χ3n) is 10.7. The van der Waals surface area contributed by atoms with Gasteiger partial charge >= 0.3 is 11.9 Å². The number of para-hydroxylation sites is 2. The van der Waals surface area contributed by atoms with E-state index < -0.39 is 24.1 Å². The highest BCUT2D eigenvalue weighted by atomic mass is 16.6. The molecule has 0 spiro atoms. The maximum atomic E-state index is 15.2. The lowest BCUT2D eigenvalue weighted by molar-refractivity contribution is -0.144. The maximum Gasteiger partial charge on any atom is 0.340 e. The SMILES string of the molecule is CCCC(=C(C(=O)OC1CCN2Cc3ccccc3N=C12)C(C(=O)OC1CCN2Cc3ccccc3N=C12)=C(CCC)c1ccccc1)c1ccccc1. The van der Waals surface area contributed by atoms with Gasteiger partial charge < -0.3 is 19.3 Å². The normalized spacial score (nSPS) is 19.3. The number of esters is 2. The number of fused-ring (bicyclic) bond motifs is 4. The highest BCUT2D eigenvalue weighted by Gasteiger charge is 2.41. The molecule has 4 aliphatic heterocycles. The van der Waals surface area contributed by atoms with Crippen LogP contribution in [0.15, 0.2) is 130 Å². The van der Waals surface area contributed by atoms with Crippen LogP contribution in [0.25, 0.3) is 11.1 Å². The number of ether oxygens (including phenoxy) is 2. The molecular formula is C46H46N4O4. The molecule has 0 radical (unpaired) electrons. The van der Waals surface area contributed by atoms with Gasteiger partial charge in [-0.15, -0.1) is 0 Å². The summed E-state index contributed by atoms with van der Waals surface area (Å²) < 4.78 is 13.1. The molecule has 274 valence electrons. The minimum absolute atomic E-state index is 0.265. The van der Waals surface area contributed by atoms with Crippen molar-refractivity contribution in [1.82, 2.24) is 9.80 Å². The fraction of sp³-hybridized carbons (Fsp3) is 0.304. The molecule has 4 aromatic carbocycles. The molecule has 2 atom stereocenters. The lowest BCUT2D eigenvalue weighted by atomic mass is 9.85. The number of carbonyl (C=O) groups is 2. The summed E-state index contributed by atoms with van der Waals surface area (Å²) in [5.74, 6) is 0.433. The number of amidine groups is 2. The van der Waals surface area contributed by atoms with Crippen LogP contribution in [0.3, 0.4) is 0 Å². The van der Waals surface area contributed by atoms with Crippen LogP contribution in [0, 0.1) is 0 Å². The first kappa shape index (κ1) is 35.3. The van der Waals surface area contributed by atoms with Crippen molar-refractivity contribution < 1.29 is 19.1 Å². The number of carbonyl (C=O) groups excluding carboxylic acids is 2. The van der Waals surface area contributed by atoms with Crippen LogP contribution < -0.4 is 0 Å².